The van der Waals surface area contributed by atoms with Crippen LogP contribution in [-0.4, -0.2) is 19.2 Å². The minimum Gasteiger partial charge on any atom is -0.386 e. The summed E-state index contributed by atoms with van der Waals surface area (Å²) < 4.78 is 4.71. The van der Waals surface area contributed by atoms with Crippen molar-refractivity contribution in [3.8, 4) is 0 Å². The smallest absolute Gasteiger partial charge is 0.346 e. The summed E-state index contributed by atoms with van der Waals surface area (Å²) in [7, 11) is 1.91. The summed E-state index contributed by atoms with van der Waals surface area (Å²) in [4.78, 5) is 23.3. The van der Waals surface area contributed by atoms with Crippen LogP contribution >= 0.6 is 0 Å². The highest BCUT2D eigenvalue weighted by Crippen LogP contribution is 2.27. The summed E-state index contributed by atoms with van der Waals surface area (Å²) in [5, 5.41) is 1.58. The number of carbonyl (C=O) groups is 2. The van der Waals surface area contributed by atoms with Gasteiger partial charge in [0.25, 0.3) is 0 Å². The van der Waals surface area contributed by atoms with E-state index in [0.29, 0.717) is 16.5 Å². The Morgan fingerprint density at radius 1 is 1.06 bits per heavy atom. The maximum Gasteiger partial charge on any atom is 0.346 e. The summed E-state index contributed by atoms with van der Waals surface area (Å²) in [5.41, 5.74) is 1.86. The lowest BCUT2D eigenvalue weighted by Gasteiger charge is -2.16. The molecule has 1 radical (unpaired) electrons. The van der Waals surface area contributed by atoms with Crippen LogP contribution in [0.15, 0.2) is 30.3 Å². The van der Waals surface area contributed by atoms with Gasteiger partial charge in [-0.1, -0.05) is 36.6 Å². The molecule has 0 amide bonds. The van der Waals surface area contributed by atoms with Crippen molar-refractivity contribution in [1.82, 2.24) is 0 Å². The molecule has 0 spiro atoms. The maximum absolute atomic E-state index is 11.7. The molecule has 3 rings (SSSR count). The van der Waals surface area contributed by atoms with Gasteiger partial charge in [-0.2, -0.15) is 0 Å². The summed E-state index contributed by atoms with van der Waals surface area (Å²) in [6, 6.07) is 9.06. The van der Waals surface area contributed by atoms with Crippen LogP contribution < -0.4 is 5.46 Å². The van der Waals surface area contributed by atoms with E-state index in [2.05, 4.69) is 0 Å². The molecule has 0 saturated carbocycles. The van der Waals surface area contributed by atoms with Crippen LogP contribution in [0.4, 0.5) is 0 Å². The largest absolute Gasteiger partial charge is 0.386 e. The molecular formula is C13H8BO3. The Balaban J connectivity index is 2.48. The highest BCUT2D eigenvalue weighted by atomic mass is 16.6. The van der Waals surface area contributed by atoms with Gasteiger partial charge in [-0.25, -0.2) is 9.59 Å². The quantitative estimate of drug-likeness (QED) is 0.418. The van der Waals surface area contributed by atoms with Crippen molar-refractivity contribution in [3.63, 3.8) is 0 Å². The number of ether oxygens (including phenoxy) is 1. The minimum absolute atomic E-state index is 0.458. The first-order valence-electron chi connectivity index (χ1n) is 5.33. The van der Waals surface area contributed by atoms with E-state index in [-0.39, 0.29) is 0 Å². The Morgan fingerprint density at radius 2 is 1.82 bits per heavy atom. The lowest BCUT2D eigenvalue weighted by atomic mass is 9.72. The Hall–Kier alpha value is -2.10. The van der Waals surface area contributed by atoms with E-state index in [1.54, 1.807) is 18.2 Å². The topological polar surface area (TPSA) is 43.4 Å². The number of hydrogen-bond donors (Lipinski definition) is 0. The lowest BCUT2D eigenvalue weighted by molar-refractivity contribution is 0.0391. The van der Waals surface area contributed by atoms with Crippen LogP contribution in [0, 0.1) is 0 Å². The van der Waals surface area contributed by atoms with Crippen molar-refractivity contribution in [3.05, 3.63) is 41.5 Å². The Labute approximate surface area is 98.6 Å². The molecule has 0 bridgehead atoms. The average molecular weight is 223 g/mol. The van der Waals surface area contributed by atoms with Crippen LogP contribution in [0.3, 0.4) is 0 Å². The number of cyclic esters (lactones) is 2. The van der Waals surface area contributed by atoms with E-state index in [1.807, 2.05) is 26.2 Å². The van der Waals surface area contributed by atoms with Crippen molar-refractivity contribution in [1.29, 1.82) is 0 Å². The van der Waals surface area contributed by atoms with Crippen LogP contribution in [0.2, 0.25) is 6.82 Å². The molecule has 0 unspecified atom stereocenters. The molecule has 4 heteroatoms. The van der Waals surface area contributed by atoms with Gasteiger partial charge < -0.3 is 4.74 Å². The average Bonchev–Trinajstić information content (AvgIpc) is 2.35. The third-order valence-corrected chi connectivity index (χ3v) is 2.96. The number of carbonyl (C=O) groups excluding carboxylic acids is 2. The summed E-state index contributed by atoms with van der Waals surface area (Å²) >= 11 is 0. The molecule has 0 atom stereocenters. The molecule has 1 aliphatic heterocycles. The third-order valence-electron chi connectivity index (χ3n) is 2.96. The summed E-state index contributed by atoms with van der Waals surface area (Å²) in [5.74, 6) is -1.14. The second-order valence-electron chi connectivity index (χ2n) is 3.94. The molecule has 0 N–H and O–H groups in total. The maximum atomic E-state index is 11.7. The number of hydrogen-bond acceptors (Lipinski definition) is 3. The summed E-state index contributed by atoms with van der Waals surface area (Å²) in [6.45, 7) is 1.90. The summed E-state index contributed by atoms with van der Waals surface area (Å²) in [6.07, 6.45) is 0. The van der Waals surface area contributed by atoms with Gasteiger partial charge in [0.1, 0.15) is 7.28 Å². The van der Waals surface area contributed by atoms with E-state index in [0.717, 1.165) is 10.8 Å². The second kappa shape index (κ2) is 3.45. The monoisotopic (exact) mass is 223 g/mol. The Morgan fingerprint density at radius 3 is 2.59 bits per heavy atom. The van der Waals surface area contributed by atoms with Crippen LogP contribution in [-0.2, 0) is 4.74 Å². The Kier molecular flexibility index (Phi) is 2.05. The molecule has 0 fully saturated rings. The van der Waals surface area contributed by atoms with E-state index in [1.165, 1.54) is 0 Å². The molecule has 0 saturated heterocycles. The SMILES string of the molecule is C[B]c1cc2c3c(cccc3c1)C(=O)OC2=O. The predicted molar refractivity (Wildman–Crippen MR) is 64.9 cm³/mol. The van der Waals surface area contributed by atoms with Crippen molar-refractivity contribution in [2.75, 3.05) is 0 Å². The molecule has 2 aromatic carbocycles. The van der Waals surface area contributed by atoms with Crippen molar-refractivity contribution >= 4 is 35.5 Å². The van der Waals surface area contributed by atoms with Gasteiger partial charge in [0, 0.05) is 5.39 Å². The van der Waals surface area contributed by atoms with E-state index in [4.69, 9.17) is 4.74 Å². The highest BCUT2D eigenvalue weighted by Gasteiger charge is 2.27. The van der Waals surface area contributed by atoms with Crippen LogP contribution in [0.25, 0.3) is 10.8 Å². The van der Waals surface area contributed by atoms with E-state index < -0.39 is 11.9 Å². The molecule has 17 heavy (non-hydrogen) atoms. The van der Waals surface area contributed by atoms with Gasteiger partial charge in [-0.15, -0.1) is 0 Å². The van der Waals surface area contributed by atoms with Crippen molar-refractivity contribution in [2.24, 2.45) is 0 Å². The molecule has 0 aromatic heterocycles. The van der Waals surface area contributed by atoms with Gasteiger partial charge >= 0.3 is 11.9 Å². The zero-order chi connectivity index (χ0) is 12.0. The predicted octanol–water partition coefficient (Wildman–Crippen LogP) is 1.53. The van der Waals surface area contributed by atoms with Gasteiger partial charge in [0.05, 0.1) is 11.1 Å². The fraction of sp³-hybridized carbons (Fsp3) is 0.0769. The molecule has 1 heterocycles. The first-order chi connectivity index (χ1) is 8.20. The first-order valence-corrected chi connectivity index (χ1v) is 5.33. The molecule has 1 aliphatic rings. The molecule has 3 nitrogen and oxygen atoms in total. The minimum atomic E-state index is -0.568. The fourth-order valence-corrected chi connectivity index (χ4v) is 2.14. The third kappa shape index (κ3) is 1.37. The number of benzene rings is 2. The number of rotatable bonds is 1. The van der Waals surface area contributed by atoms with E-state index in [9.17, 15) is 9.59 Å². The van der Waals surface area contributed by atoms with Crippen LogP contribution in [0.1, 0.15) is 20.7 Å². The van der Waals surface area contributed by atoms with Crippen molar-refractivity contribution < 1.29 is 14.3 Å². The Bertz CT molecular complexity index is 661. The van der Waals surface area contributed by atoms with Crippen LogP contribution in [0.5, 0.6) is 0 Å². The van der Waals surface area contributed by atoms with Gasteiger partial charge in [-0.05, 0) is 11.5 Å². The fourth-order valence-electron chi connectivity index (χ4n) is 2.14. The van der Waals surface area contributed by atoms with Gasteiger partial charge in [0.15, 0.2) is 0 Å². The molecular weight excluding hydrogens is 215 g/mol. The molecule has 0 aliphatic carbocycles. The van der Waals surface area contributed by atoms with Gasteiger partial charge in [-0.3, -0.25) is 0 Å². The van der Waals surface area contributed by atoms with E-state index >= 15 is 0 Å². The second-order valence-corrected chi connectivity index (χ2v) is 3.94. The van der Waals surface area contributed by atoms with Crippen molar-refractivity contribution in [2.45, 2.75) is 6.82 Å². The highest BCUT2D eigenvalue weighted by molar-refractivity contribution is 6.52. The normalized spacial score (nSPS) is 13.7. The molecule has 2 aromatic rings. The van der Waals surface area contributed by atoms with Gasteiger partial charge in [0.2, 0.25) is 0 Å². The zero-order valence-electron chi connectivity index (χ0n) is 9.19. The number of esters is 2. The molecule has 81 valence electrons. The zero-order valence-corrected chi connectivity index (χ0v) is 9.19. The standard InChI is InChI=1S/C13H8BO3/c1-14-8-5-7-3-2-4-9-11(7)10(6-8)13(16)17-12(9)15/h2-6H,1H3. The lowest BCUT2D eigenvalue weighted by Crippen LogP contribution is -2.22. The first kappa shape index (κ1) is 10.1.